The summed E-state index contributed by atoms with van der Waals surface area (Å²) in [7, 11) is 0. The van der Waals surface area contributed by atoms with E-state index in [0.717, 1.165) is 0 Å². The molecule has 4 nitrogen and oxygen atoms in total. The van der Waals surface area contributed by atoms with Gasteiger partial charge in [-0.15, -0.1) is 0 Å². The normalized spacial score (nSPS) is 10.6. The van der Waals surface area contributed by atoms with Crippen LogP contribution >= 0.6 is 0 Å². The zero-order valence-electron chi connectivity index (χ0n) is 7.14. The van der Waals surface area contributed by atoms with Gasteiger partial charge in [0.15, 0.2) is 0 Å². The molecule has 0 spiro atoms. The van der Waals surface area contributed by atoms with Crippen molar-refractivity contribution in [1.29, 1.82) is 5.26 Å². The van der Waals surface area contributed by atoms with Crippen molar-refractivity contribution in [3.8, 4) is 6.07 Å². The molecule has 0 amide bonds. The van der Waals surface area contributed by atoms with Gasteiger partial charge in [0.2, 0.25) is 0 Å². The second-order valence-corrected chi connectivity index (χ2v) is 2.56. The highest BCUT2D eigenvalue weighted by atomic mass is 16.4. The van der Waals surface area contributed by atoms with E-state index < -0.39 is 5.97 Å². The topological polar surface area (TPSA) is 81.3 Å². The fourth-order valence-electron chi connectivity index (χ4n) is 0.916. The monoisotopic (exact) mass is 189 g/mol. The first-order valence-corrected chi connectivity index (χ1v) is 3.77. The molecule has 0 bridgehead atoms. The number of nitriles is 1. The van der Waals surface area contributed by atoms with Crippen molar-refractivity contribution in [3.63, 3.8) is 0 Å². The molecule has 0 saturated carbocycles. The summed E-state index contributed by atoms with van der Waals surface area (Å²) in [4.78, 5) is 10.2. The molecule has 0 fully saturated rings. The molecule has 0 saturated heterocycles. The molecule has 70 valence electrons. The van der Waals surface area contributed by atoms with E-state index in [2.05, 4.69) is 0 Å². The fraction of sp³-hybridized carbons (Fsp3) is 0. The van der Waals surface area contributed by atoms with Crippen molar-refractivity contribution in [1.82, 2.24) is 0 Å². The molecule has 1 aromatic carbocycles. The lowest BCUT2D eigenvalue weighted by Gasteiger charge is -1.98. The Bertz CT molecular complexity index is 412. The molecule has 0 atom stereocenters. The summed E-state index contributed by atoms with van der Waals surface area (Å²) in [6.45, 7) is 0. The number of rotatable bonds is 2. The lowest BCUT2D eigenvalue weighted by molar-refractivity contribution is -0.131. The number of aliphatic carboxylic acids is 1. The van der Waals surface area contributed by atoms with Crippen LogP contribution in [0.25, 0.3) is 5.76 Å². The van der Waals surface area contributed by atoms with Crippen LogP contribution in [0.1, 0.15) is 11.1 Å². The number of nitrogens with zero attached hydrogens (tertiary/aromatic N) is 1. The maximum atomic E-state index is 10.2. The summed E-state index contributed by atoms with van der Waals surface area (Å²) in [5.41, 5.74) is 0.822. The number of hydrogen-bond donors (Lipinski definition) is 2. The number of carboxylic acid groups (broad SMARTS) is 1. The maximum Gasteiger partial charge on any atom is 0.332 e. The van der Waals surface area contributed by atoms with Crippen LogP contribution in [0.4, 0.5) is 0 Å². The fourth-order valence-corrected chi connectivity index (χ4v) is 0.916. The summed E-state index contributed by atoms with van der Waals surface area (Å²) in [5, 5.41) is 26.1. The zero-order chi connectivity index (χ0) is 10.6. The van der Waals surface area contributed by atoms with Crippen LogP contribution in [-0.2, 0) is 4.79 Å². The number of carbonyl (C=O) groups is 1. The van der Waals surface area contributed by atoms with Crippen molar-refractivity contribution < 1.29 is 15.0 Å². The van der Waals surface area contributed by atoms with Gasteiger partial charge >= 0.3 is 5.97 Å². The highest BCUT2D eigenvalue weighted by Crippen LogP contribution is 2.11. The van der Waals surface area contributed by atoms with Crippen LogP contribution in [-0.4, -0.2) is 16.2 Å². The molecule has 1 aromatic rings. The van der Waals surface area contributed by atoms with Gasteiger partial charge in [-0.2, -0.15) is 5.26 Å². The van der Waals surface area contributed by atoms with Gasteiger partial charge < -0.3 is 10.2 Å². The van der Waals surface area contributed by atoms with E-state index in [1.807, 2.05) is 6.07 Å². The molecule has 0 unspecified atom stereocenters. The van der Waals surface area contributed by atoms with Gasteiger partial charge in [-0.25, -0.2) is 4.79 Å². The van der Waals surface area contributed by atoms with Gasteiger partial charge in [-0.05, 0) is 24.3 Å². The molecule has 0 heterocycles. The number of aliphatic hydroxyl groups is 1. The highest BCUT2D eigenvalue weighted by molar-refractivity contribution is 5.87. The largest absolute Gasteiger partial charge is 0.507 e. The number of hydrogen-bond acceptors (Lipinski definition) is 3. The quantitative estimate of drug-likeness (QED) is 0.546. The molecular formula is C10H7NO3. The molecule has 0 aromatic heterocycles. The van der Waals surface area contributed by atoms with Crippen LogP contribution in [0.3, 0.4) is 0 Å². The van der Waals surface area contributed by atoms with Gasteiger partial charge in [0.1, 0.15) is 5.76 Å². The van der Waals surface area contributed by atoms with Gasteiger partial charge in [0.25, 0.3) is 0 Å². The van der Waals surface area contributed by atoms with E-state index in [1.54, 1.807) is 0 Å². The van der Waals surface area contributed by atoms with Crippen LogP contribution < -0.4 is 0 Å². The molecule has 14 heavy (non-hydrogen) atoms. The van der Waals surface area contributed by atoms with Crippen LogP contribution in [0.15, 0.2) is 30.3 Å². The van der Waals surface area contributed by atoms with E-state index in [1.165, 1.54) is 24.3 Å². The third kappa shape index (κ3) is 2.35. The zero-order valence-corrected chi connectivity index (χ0v) is 7.14. The Balaban J connectivity index is 2.99. The highest BCUT2D eigenvalue weighted by Gasteiger charge is 2.01. The minimum Gasteiger partial charge on any atom is -0.507 e. The number of carboxylic acids is 1. The molecule has 4 heteroatoms. The van der Waals surface area contributed by atoms with Crippen molar-refractivity contribution in [2.24, 2.45) is 0 Å². The molecular weight excluding hydrogens is 182 g/mol. The first-order valence-electron chi connectivity index (χ1n) is 3.77. The lowest BCUT2D eigenvalue weighted by atomic mass is 10.1. The lowest BCUT2D eigenvalue weighted by Crippen LogP contribution is -1.91. The first-order chi connectivity index (χ1) is 6.63. The summed E-state index contributed by atoms with van der Waals surface area (Å²) in [6, 6.07) is 7.88. The molecule has 0 radical (unpaired) electrons. The van der Waals surface area contributed by atoms with Crippen LogP contribution in [0.2, 0.25) is 0 Å². The van der Waals surface area contributed by atoms with Crippen molar-refractivity contribution >= 4 is 11.7 Å². The molecule has 0 aliphatic carbocycles. The van der Waals surface area contributed by atoms with Crippen molar-refractivity contribution in [2.45, 2.75) is 0 Å². The van der Waals surface area contributed by atoms with Gasteiger partial charge in [-0.3, -0.25) is 0 Å². The van der Waals surface area contributed by atoms with Crippen molar-refractivity contribution in [3.05, 3.63) is 41.5 Å². The smallest absolute Gasteiger partial charge is 0.332 e. The van der Waals surface area contributed by atoms with E-state index in [4.69, 9.17) is 10.4 Å². The van der Waals surface area contributed by atoms with E-state index in [9.17, 15) is 9.90 Å². The summed E-state index contributed by atoms with van der Waals surface area (Å²) < 4.78 is 0. The Morgan fingerprint density at radius 3 is 2.29 bits per heavy atom. The SMILES string of the molecule is N#Cc1ccc(C(O)=CC(=O)O)cc1. The Kier molecular flexibility index (Phi) is 2.87. The van der Waals surface area contributed by atoms with E-state index >= 15 is 0 Å². The first kappa shape index (κ1) is 9.81. The van der Waals surface area contributed by atoms with E-state index in [0.29, 0.717) is 17.2 Å². The summed E-state index contributed by atoms with van der Waals surface area (Å²) in [6.07, 6.45) is 0.696. The Labute approximate surface area is 80.3 Å². The summed E-state index contributed by atoms with van der Waals surface area (Å²) >= 11 is 0. The van der Waals surface area contributed by atoms with Crippen LogP contribution in [0, 0.1) is 11.3 Å². The average Bonchev–Trinajstić information content (AvgIpc) is 2.17. The van der Waals surface area contributed by atoms with E-state index in [-0.39, 0.29) is 5.76 Å². The predicted molar refractivity (Wildman–Crippen MR) is 49.4 cm³/mol. The minimum atomic E-state index is -1.22. The van der Waals surface area contributed by atoms with Crippen LogP contribution in [0.5, 0.6) is 0 Å². The standard InChI is InChI=1S/C10H7NO3/c11-6-7-1-3-8(4-2-7)9(12)5-10(13)14/h1-5,12H,(H,13,14). The Hall–Kier alpha value is -2.28. The molecule has 0 aliphatic heterocycles. The van der Waals surface area contributed by atoms with Gasteiger partial charge in [0, 0.05) is 5.56 Å². The second kappa shape index (κ2) is 4.10. The molecule has 0 aliphatic rings. The number of benzene rings is 1. The number of aliphatic hydroxyl groups excluding tert-OH is 1. The predicted octanol–water partition coefficient (Wildman–Crippen LogP) is 1.54. The van der Waals surface area contributed by atoms with Gasteiger partial charge in [0.05, 0.1) is 17.7 Å². The maximum absolute atomic E-state index is 10.2. The third-order valence-electron chi connectivity index (χ3n) is 1.57. The molecule has 2 N–H and O–H groups in total. The Morgan fingerprint density at radius 2 is 1.86 bits per heavy atom. The van der Waals surface area contributed by atoms with Crippen molar-refractivity contribution in [2.75, 3.05) is 0 Å². The average molecular weight is 189 g/mol. The van der Waals surface area contributed by atoms with Gasteiger partial charge in [-0.1, -0.05) is 0 Å². The Morgan fingerprint density at radius 1 is 1.29 bits per heavy atom. The summed E-state index contributed by atoms with van der Waals surface area (Å²) in [5.74, 6) is -1.55. The molecule has 1 rings (SSSR count). The minimum absolute atomic E-state index is 0.331. The second-order valence-electron chi connectivity index (χ2n) is 2.56. The third-order valence-corrected chi connectivity index (χ3v) is 1.57.